The average molecular weight is 295 g/mol. The van der Waals surface area contributed by atoms with E-state index in [1.54, 1.807) is 6.92 Å². The van der Waals surface area contributed by atoms with Gasteiger partial charge < -0.3 is 9.64 Å². The summed E-state index contributed by atoms with van der Waals surface area (Å²) < 4.78 is 8.62. The SMILES string of the molecule is COC(=O)C1CC12CCN(C(=O)c1snnc1C)CC2. The van der Waals surface area contributed by atoms with Gasteiger partial charge in [0.15, 0.2) is 0 Å². The van der Waals surface area contributed by atoms with Gasteiger partial charge in [0.2, 0.25) is 0 Å². The Morgan fingerprint density at radius 3 is 2.65 bits per heavy atom. The molecule has 1 saturated heterocycles. The molecule has 2 aliphatic rings. The van der Waals surface area contributed by atoms with Crippen molar-refractivity contribution >= 4 is 23.4 Å². The Bertz CT molecular complexity index is 549. The van der Waals surface area contributed by atoms with Crippen LogP contribution in [-0.2, 0) is 9.53 Å². The molecule has 0 N–H and O–H groups in total. The fourth-order valence-electron chi connectivity index (χ4n) is 3.10. The second-order valence-electron chi connectivity index (χ2n) is 5.62. The zero-order chi connectivity index (χ0) is 14.3. The third-order valence-electron chi connectivity index (χ3n) is 4.57. The van der Waals surface area contributed by atoms with Crippen LogP contribution in [0.25, 0.3) is 0 Å². The Labute approximate surface area is 121 Å². The number of nitrogens with zero attached hydrogens (tertiary/aromatic N) is 3. The molecule has 1 atom stereocenters. The van der Waals surface area contributed by atoms with Gasteiger partial charge in [-0.15, -0.1) is 5.10 Å². The van der Waals surface area contributed by atoms with E-state index in [9.17, 15) is 9.59 Å². The molecule has 7 heteroatoms. The summed E-state index contributed by atoms with van der Waals surface area (Å²) in [5.74, 6) is -0.0496. The lowest BCUT2D eigenvalue weighted by molar-refractivity contribution is -0.143. The molecule has 1 aliphatic carbocycles. The van der Waals surface area contributed by atoms with Gasteiger partial charge in [0.25, 0.3) is 5.91 Å². The number of rotatable bonds is 2. The van der Waals surface area contributed by atoms with Crippen molar-refractivity contribution < 1.29 is 14.3 Å². The van der Waals surface area contributed by atoms with Crippen LogP contribution >= 0.6 is 11.5 Å². The van der Waals surface area contributed by atoms with E-state index in [2.05, 4.69) is 9.59 Å². The van der Waals surface area contributed by atoms with Gasteiger partial charge in [-0.05, 0) is 43.1 Å². The van der Waals surface area contributed by atoms with Crippen molar-refractivity contribution in [1.82, 2.24) is 14.5 Å². The number of aryl methyl sites for hydroxylation is 1. The molecule has 1 unspecified atom stereocenters. The van der Waals surface area contributed by atoms with Gasteiger partial charge in [-0.2, -0.15) is 0 Å². The first kappa shape index (κ1) is 13.5. The zero-order valence-corrected chi connectivity index (χ0v) is 12.4. The van der Waals surface area contributed by atoms with Crippen LogP contribution in [-0.4, -0.2) is 46.6 Å². The molecule has 0 radical (unpaired) electrons. The Balaban J connectivity index is 1.61. The molecule has 1 aromatic rings. The van der Waals surface area contributed by atoms with Crippen LogP contribution in [0.2, 0.25) is 0 Å². The number of amides is 1. The topological polar surface area (TPSA) is 72.4 Å². The molecule has 1 saturated carbocycles. The minimum absolute atomic E-state index is 0.0163. The number of carbonyl (C=O) groups is 2. The van der Waals surface area contributed by atoms with Crippen LogP contribution in [0.1, 0.15) is 34.6 Å². The monoisotopic (exact) mass is 295 g/mol. The number of esters is 1. The number of methoxy groups -OCH3 is 1. The fourth-order valence-corrected chi connectivity index (χ4v) is 3.73. The number of likely N-dealkylation sites (tertiary alicyclic amines) is 1. The highest BCUT2D eigenvalue weighted by molar-refractivity contribution is 7.07. The smallest absolute Gasteiger partial charge is 0.309 e. The van der Waals surface area contributed by atoms with E-state index in [-0.39, 0.29) is 23.2 Å². The first-order chi connectivity index (χ1) is 9.57. The Morgan fingerprint density at radius 2 is 2.10 bits per heavy atom. The lowest BCUT2D eigenvalue weighted by atomic mass is 9.90. The van der Waals surface area contributed by atoms with E-state index < -0.39 is 0 Å². The van der Waals surface area contributed by atoms with E-state index in [4.69, 9.17) is 4.74 Å². The highest BCUT2D eigenvalue weighted by Crippen LogP contribution is 2.59. The molecule has 6 nitrogen and oxygen atoms in total. The lowest BCUT2D eigenvalue weighted by Crippen LogP contribution is -2.40. The van der Waals surface area contributed by atoms with Crippen LogP contribution in [0.15, 0.2) is 0 Å². The third kappa shape index (κ3) is 2.09. The van der Waals surface area contributed by atoms with E-state index >= 15 is 0 Å². The molecule has 2 heterocycles. The molecule has 1 aromatic heterocycles. The van der Waals surface area contributed by atoms with Crippen LogP contribution in [0.5, 0.6) is 0 Å². The molecular weight excluding hydrogens is 278 g/mol. The molecule has 1 amide bonds. The third-order valence-corrected chi connectivity index (χ3v) is 5.38. The van der Waals surface area contributed by atoms with Crippen molar-refractivity contribution in [3.8, 4) is 0 Å². The van der Waals surface area contributed by atoms with Crippen molar-refractivity contribution in [3.05, 3.63) is 10.6 Å². The van der Waals surface area contributed by atoms with Crippen molar-refractivity contribution in [3.63, 3.8) is 0 Å². The molecule has 20 heavy (non-hydrogen) atoms. The van der Waals surface area contributed by atoms with Crippen molar-refractivity contribution in [2.24, 2.45) is 11.3 Å². The second kappa shape index (κ2) is 4.80. The number of ether oxygens (including phenoxy) is 1. The minimum atomic E-state index is -0.104. The lowest BCUT2D eigenvalue weighted by Gasteiger charge is -2.32. The average Bonchev–Trinajstić information content (AvgIpc) is 2.98. The molecule has 0 bridgehead atoms. The Kier molecular flexibility index (Phi) is 3.24. The highest BCUT2D eigenvalue weighted by Gasteiger charge is 2.59. The summed E-state index contributed by atoms with van der Waals surface area (Å²) in [4.78, 5) is 26.4. The van der Waals surface area contributed by atoms with Crippen molar-refractivity contribution in [1.29, 1.82) is 0 Å². The molecule has 0 aromatic carbocycles. The summed E-state index contributed by atoms with van der Waals surface area (Å²) in [7, 11) is 1.44. The van der Waals surface area contributed by atoms with Crippen molar-refractivity contribution in [2.75, 3.05) is 20.2 Å². The first-order valence-corrected chi connectivity index (χ1v) is 7.51. The van der Waals surface area contributed by atoms with Crippen molar-refractivity contribution in [2.45, 2.75) is 26.2 Å². The number of hydrogen-bond donors (Lipinski definition) is 0. The largest absolute Gasteiger partial charge is 0.469 e. The Hall–Kier alpha value is -1.50. The number of piperidine rings is 1. The molecule has 1 aliphatic heterocycles. The molecule has 108 valence electrons. The maximum Gasteiger partial charge on any atom is 0.309 e. The predicted molar refractivity (Wildman–Crippen MR) is 72.3 cm³/mol. The molecule has 3 rings (SSSR count). The van der Waals surface area contributed by atoms with Gasteiger partial charge in [-0.3, -0.25) is 9.59 Å². The van der Waals surface area contributed by atoms with E-state index in [0.29, 0.717) is 23.7 Å². The quantitative estimate of drug-likeness (QED) is 0.768. The second-order valence-corrected chi connectivity index (χ2v) is 6.38. The highest BCUT2D eigenvalue weighted by atomic mass is 32.1. The fraction of sp³-hybridized carbons (Fsp3) is 0.692. The van der Waals surface area contributed by atoms with E-state index in [1.165, 1.54) is 7.11 Å². The van der Waals surface area contributed by atoms with E-state index in [0.717, 1.165) is 30.8 Å². The standard InChI is InChI=1S/C13H17N3O3S/c1-8-10(20-15-14-8)11(17)16-5-3-13(4-6-16)7-9(13)12(18)19-2/h9H,3-7H2,1-2H3. The van der Waals surface area contributed by atoms with Crippen LogP contribution in [0.4, 0.5) is 0 Å². The Morgan fingerprint density at radius 1 is 1.40 bits per heavy atom. The summed E-state index contributed by atoms with van der Waals surface area (Å²) >= 11 is 1.15. The summed E-state index contributed by atoms with van der Waals surface area (Å²) in [5, 5.41) is 3.88. The zero-order valence-electron chi connectivity index (χ0n) is 11.6. The number of hydrogen-bond acceptors (Lipinski definition) is 6. The van der Waals surface area contributed by atoms with Gasteiger partial charge in [0, 0.05) is 13.1 Å². The summed E-state index contributed by atoms with van der Waals surface area (Å²) in [6, 6.07) is 0. The summed E-state index contributed by atoms with van der Waals surface area (Å²) in [5.41, 5.74) is 0.782. The van der Waals surface area contributed by atoms with Gasteiger partial charge in [0.1, 0.15) is 4.88 Å². The van der Waals surface area contributed by atoms with Gasteiger partial charge in [0.05, 0.1) is 18.7 Å². The predicted octanol–water partition coefficient (Wildman–Crippen LogP) is 1.26. The molecular formula is C13H17N3O3S. The van der Waals surface area contributed by atoms with Crippen LogP contribution < -0.4 is 0 Å². The van der Waals surface area contributed by atoms with E-state index in [1.807, 2.05) is 4.90 Å². The number of aromatic nitrogens is 2. The number of carbonyl (C=O) groups excluding carboxylic acids is 2. The summed E-state index contributed by atoms with van der Waals surface area (Å²) in [6.07, 6.45) is 2.66. The minimum Gasteiger partial charge on any atom is -0.469 e. The maximum absolute atomic E-state index is 12.3. The first-order valence-electron chi connectivity index (χ1n) is 6.73. The van der Waals surface area contributed by atoms with Crippen LogP contribution in [0, 0.1) is 18.3 Å². The van der Waals surface area contributed by atoms with Gasteiger partial charge in [-0.1, -0.05) is 4.49 Å². The van der Waals surface area contributed by atoms with Gasteiger partial charge >= 0.3 is 5.97 Å². The molecule has 2 fully saturated rings. The van der Waals surface area contributed by atoms with Crippen LogP contribution in [0.3, 0.4) is 0 Å². The summed E-state index contributed by atoms with van der Waals surface area (Å²) in [6.45, 7) is 3.20. The molecule has 1 spiro atoms. The normalized spacial score (nSPS) is 23.7. The maximum atomic E-state index is 12.3. The van der Waals surface area contributed by atoms with Gasteiger partial charge in [-0.25, -0.2) is 0 Å².